The van der Waals surface area contributed by atoms with Gasteiger partial charge in [0.15, 0.2) is 0 Å². The molecule has 0 atom stereocenters. The molecular weight excluding hydrogens is 363 g/mol. The van der Waals surface area contributed by atoms with Gasteiger partial charge < -0.3 is 14.8 Å². The highest BCUT2D eigenvalue weighted by Crippen LogP contribution is 2.33. The quantitative estimate of drug-likeness (QED) is 0.794. The highest BCUT2D eigenvalue weighted by Gasteiger charge is 2.22. The molecule has 132 valence electrons. The van der Waals surface area contributed by atoms with Gasteiger partial charge in [-0.15, -0.1) is 0 Å². The van der Waals surface area contributed by atoms with Gasteiger partial charge in [0.25, 0.3) is 5.91 Å². The Hall–Kier alpha value is -1.98. The summed E-state index contributed by atoms with van der Waals surface area (Å²) < 4.78 is 11.3. The van der Waals surface area contributed by atoms with E-state index in [1.54, 1.807) is 25.3 Å². The molecule has 0 radical (unpaired) electrons. The Balaban J connectivity index is 1.88. The van der Waals surface area contributed by atoms with Crippen molar-refractivity contribution in [3.63, 3.8) is 0 Å². The number of carbonyl (C=O) groups is 1. The maximum absolute atomic E-state index is 12.7. The summed E-state index contributed by atoms with van der Waals surface area (Å²) in [6.07, 6.45) is 7.21. The number of methoxy groups -OCH3 is 1. The molecule has 2 aromatic rings. The molecule has 0 spiro atoms. The fourth-order valence-corrected chi connectivity index (χ4v) is 3.27. The number of hydrogen-bond acceptors (Lipinski definition) is 4. The van der Waals surface area contributed by atoms with E-state index in [0.29, 0.717) is 22.7 Å². The number of carbonyl (C=O) groups excluding carboxylic acids is 1. The first-order valence-corrected chi connectivity index (χ1v) is 8.79. The minimum Gasteiger partial charge on any atom is -0.497 e. The number of amides is 1. The highest BCUT2D eigenvalue weighted by atomic mass is 35.5. The third kappa shape index (κ3) is 4.17. The van der Waals surface area contributed by atoms with Crippen molar-refractivity contribution >= 4 is 34.8 Å². The minimum atomic E-state index is -0.356. The van der Waals surface area contributed by atoms with Crippen LogP contribution in [-0.4, -0.2) is 24.1 Å². The van der Waals surface area contributed by atoms with Gasteiger partial charge >= 0.3 is 0 Å². The summed E-state index contributed by atoms with van der Waals surface area (Å²) in [6, 6.07) is 5.11. The first-order chi connectivity index (χ1) is 12.1. The summed E-state index contributed by atoms with van der Waals surface area (Å²) in [5.41, 5.74) is 0.725. The maximum Gasteiger partial charge on any atom is 0.259 e. The summed E-state index contributed by atoms with van der Waals surface area (Å²) in [5, 5.41) is 3.28. The Kier molecular flexibility index (Phi) is 5.66. The molecule has 1 saturated carbocycles. The Bertz CT molecular complexity index is 757. The van der Waals surface area contributed by atoms with Crippen molar-refractivity contribution in [2.75, 3.05) is 12.4 Å². The van der Waals surface area contributed by atoms with E-state index >= 15 is 0 Å². The summed E-state index contributed by atoms with van der Waals surface area (Å²) in [5.74, 6) is 0.764. The van der Waals surface area contributed by atoms with Crippen LogP contribution in [-0.2, 0) is 0 Å². The van der Waals surface area contributed by atoms with Crippen molar-refractivity contribution in [1.29, 1.82) is 0 Å². The summed E-state index contributed by atoms with van der Waals surface area (Å²) in [7, 11) is 1.57. The van der Waals surface area contributed by atoms with E-state index in [4.69, 9.17) is 32.7 Å². The smallest absolute Gasteiger partial charge is 0.259 e. The van der Waals surface area contributed by atoms with Crippen molar-refractivity contribution in [1.82, 2.24) is 4.98 Å². The van der Waals surface area contributed by atoms with Crippen molar-refractivity contribution in [3.05, 3.63) is 46.2 Å². The topological polar surface area (TPSA) is 60.5 Å². The zero-order chi connectivity index (χ0) is 17.8. The number of rotatable bonds is 5. The SMILES string of the molecule is COc1ccc(C(=O)Nc2c(Cl)cncc2Cl)c(OC2CCCC2)c1. The van der Waals surface area contributed by atoms with E-state index in [0.717, 1.165) is 25.7 Å². The van der Waals surface area contributed by atoms with Crippen LogP contribution in [0.4, 0.5) is 5.69 Å². The van der Waals surface area contributed by atoms with Gasteiger partial charge in [-0.1, -0.05) is 23.2 Å². The van der Waals surface area contributed by atoms with Crippen LogP contribution in [0.1, 0.15) is 36.0 Å². The van der Waals surface area contributed by atoms with E-state index < -0.39 is 0 Å². The summed E-state index contributed by atoms with van der Waals surface area (Å²) in [6.45, 7) is 0. The first-order valence-electron chi connectivity index (χ1n) is 8.03. The standard InChI is InChI=1S/C18H18Cl2N2O3/c1-24-12-6-7-13(16(8-12)25-11-4-2-3-5-11)18(23)22-17-14(19)9-21-10-15(17)20/h6-11H,2-5H2,1H3,(H,21,22,23). The fraction of sp³-hybridized carbons (Fsp3) is 0.333. The summed E-state index contributed by atoms with van der Waals surface area (Å²) in [4.78, 5) is 16.6. The van der Waals surface area contributed by atoms with Crippen molar-refractivity contribution in [3.8, 4) is 11.5 Å². The number of ether oxygens (including phenoxy) is 2. The van der Waals surface area contributed by atoms with Gasteiger partial charge in [0.1, 0.15) is 11.5 Å². The predicted molar refractivity (Wildman–Crippen MR) is 98.1 cm³/mol. The molecule has 1 aliphatic carbocycles. The van der Waals surface area contributed by atoms with Gasteiger partial charge in [-0.3, -0.25) is 9.78 Å². The second-order valence-electron chi connectivity index (χ2n) is 5.82. The monoisotopic (exact) mass is 380 g/mol. The Morgan fingerprint density at radius 1 is 1.20 bits per heavy atom. The predicted octanol–water partition coefficient (Wildman–Crippen LogP) is 4.97. The number of nitrogens with zero attached hydrogens (tertiary/aromatic N) is 1. The average molecular weight is 381 g/mol. The summed E-state index contributed by atoms with van der Waals surface area (Å²) >= 11 is 12.1. The van der Waals surface area contributed by atoms with Gasteiger partial charge in [0, 0.05) is 18.5 Å². The number of pyridine rings is 1. The second-order valence-corrected chi connectivity index (χ2v) is 6.63. The Morgan fingerprint density at radius 3 is 2.52 bits per heavy atom. The third-order valence-corrected chi connectivity index (χ3v) is 4.69. The van der Waals surface area contributed by atoms with Gasteiger partial charge in [0.05, 0.1) is 34.5 Å². The number of halogens is 2. The molecule has 7 heteroatoms. The van der Waals surface area contributed by atoms with Crippen molar-refractivity contribution in [2.45, 2.75) is 31.8 Å². The average Bonchev–Trinajstić information content (AvgIpc) is 3.11. The minimum absolute atomic E-state index is 0.117. The molecule has 5 nitrogen and oxygen atoms in total. The zero-order valence-electron chi connectivity index (χ0n) is 13.7. The molecule has 1 aromatic heterocycles. The third-order valence-electron chi connectivity index (χ3n) is 4.12. The molecule has 1 aromatic carbocycles. The van der Waals surface area contributed by atoms with Gasteiger partial charge in [0.2, 0.25) is 0 Å². The van der Waals surface area contributed by atoms with Gasteiger partial charge in [-0.25, -0.2) is 0 Å². The molecule has 1 aliphatic rings. The lowest BCUT2D eigenvalue weighted by molar-refractivity contribution is 0.101. The molecule has 0 bridgehead atoms. The number of aromatic nitrogens is 1. The molecule has 25 heavy (non-hydrogen) atoms. The lowest BCUT2D eigenvalue weighted by atomic mass is 10.1. The van der Waals surface area contributed by atoms with E-state index in [1.807, 2.05) is 0 Å². The molecule has 1 fully saturated rings. The van der Waals surface area contributed by atoms with Crippen LogP contribution in [0.3, 0.4) is 0 Å². The lowest BCUT2D eigenvalue weighted by Gasteiger charge is -2.17. The van der Waals surface area contributed by atoms with Crippen LogP contribution in [0.2, 0.25) is 10.0 Å². The molecule has 0 aliphatic heterocycles. The molecular formula is C18H18Cl2N2O3. The molecule has 3 rings (SSSR count). The molecule has 0 saturated heterocycles. The normalized spacial score (nSPS) is 14.4. The van der Waals surface area contributed by atoms with Crippen molar-refractivity contribution in [2.24, 2.45) is 0 Å². The Labute approximate surface area is 156 Å². The zero-order valence-corrected chi connectivity index (χ0v) is 15.2. The van der Waals surface area contributed by atoms with Crippen LogP contribution >= 0.6 is 23.2 Å². The van der Waals surface area contributed by atoms with E-state index in [2.05, 4.69) is 10.3 Å². The number of anilines is 1. The van der Waals surface area contributed by atoms with Crippen LogP contribution in [0.5, 0.6) is 11.5 Å². The van der Waals surface area contributed by atoms with Gasteiger partial charge in [-0.2, -0.15) is 0 Å². The molecule has 1 amide bonds. The highest BCUT2D eigenvalue weighted by molar-refractivity contribution is 6.39. The van der Waals surface area contributed by atoms with Crippen LogP contribution < -0.4 is 14.8 Å². The van der Waals surface area contributed by atoms with Gasteiger partial charge in [-0.05, 0) is 37.8 Å². The van der Waals surface area contributed by atoms with Crippen LogP contribution in [0.15, 0.2) is 30.6 Å². The van der Waals surface area contributed by atoms with Crippen LogP contribution in [0, 0.1) is 0 Å². The lowest BCUT2D eigenvalue weighted by Crippen LogP contribution is -2.18. The fourth-order valence-electron chi connectivity index (χ4n) is 2.81. The van der Waals surface area contributed by atoms with Crippen LogP contribution in [0.25, 0.3) is 0 Å². The number of benzene rings is 1. The van der Waals surface area contributed by atoms with E-state index in [9.17, 15) is 4.79 Å². The first kappa shape index (κ1) is 17.8. The maximum atomic E-state index is 12.7. The molecule has 1 N–H and O–H groups in total. The Morgan fingerprint density at radius 2 is 1.88 bits per heavy atom. The second kappa shape index (κ2) is 7.93. The molecule has 0 unspecified atom stereocenters. The largest absolute Gasteiger partial charge is 0.497 e. The number of hydrogen-bond donors (Lipinski definition) is 1. The number of nitrogens with one attached hydrogen (secondary N) is 1. The van der Waals surface area contributed by atoms with E-state index in [1.165, 1.54) is 12.4 Å². The van der Waals surface area contributed by atoms with E-state index in [-0.39, 0.29) is 22.1 Å². The van der Waals surface area contributed by atoms with Crippen molar-refractivity contribution < 1.29 is 14.3 Å². The molecule has 1 heterocycles.